The molecule has 0 bridgehead atoms. The van der Waals surface area contributed by atoms with E-state index >= 15 is 0 Å². The maximum absolute atomic E-state index is 12.1. The Bertz CT molecular complexity index is 351. The van der Waals surface area contributed by atoms with E-state index in [1.165, 1.54) is 6.07 Å². The lowest BCUT2D eigenvalue weighted by atomic mass is 10.2. The summed E-state index contributed by atoms with van der Waals surface area (Å²) in [5, 5.41) is 0. The molecule has 0 unspecified atom stereocenters. The Morgan fingerprint density at radius 2 is 2.00 bits per heavy atom. The zero-order valence-electron chi connectivity index (χ0n) is 7.62. The molecule has 7 heteroatoms. The molecule has 1 aromatic rings. The Morgan fingerprint density at radius 3 is 2.40 bits per heavy atom. The first-order chi connectivity index (χ1) is 6.89. The van der Waals surface area contributed by atoms with Crippen LogP contribution in [0.2, 0.25) is 0 Å². The molecule has 0 aliphatic carbocycles. The number of rotatable bonds is 2. The lowest BCUT2D eigenvalue weighted by Gasteiger charge is -2.05. The number of alkyl halides is 3. The number of halogens is 3. The Morgan fingerprint density at radius 1 is 1.33 bits per heavy atom. The number of hydrogen-bond donors (Lipinski definition) is 2. The van der Waals surface area contributed by atoms with E-state index < -0.39 is 11.9 Å². The molecule has 1 aromatic heterocycles. The van der Waals surface area contributed by atoms with Crippen LogP contribution in [0.25, 0.3) is 0 Å². The van der Waals surface area contributed by atoms with Crippen LogP contribution >= 0.6 is 0 Å². The molecule has 0 aromatic carbocycles. The Kier molecular flexibility index (Phi) is 3.13. The van der Waals surface area contributed by atoms with Crippen LogP contribution in [0.4, 0.5) is 13.2 Å². The number of aliphatic imine (C=N–C) groups is 1. The van der Waals surface area contributed by atoms with E-state index in [9.17, 15) is 13.2 Å². The second kappa shape index (κ2) is 4.16. The third-order valence-corrected chi connectivity index (χ3v) is 1.56. The first-order valence-corrected chi connectivity index (χ1v) is 3.97. The quantitative estimate of drug-likeness (QED) is 0.571. The lowest BCUT2D eigenvalue weighted by molar-refractivity contribution is -0.141. The molecule has 0 spiro atoms. The molecule has 4 nitrogen and oxygen atoms in total. The van der Waals surface area contributed by atoms with E-state index in [-0.39, 0.29) is 12.5 Å². The zero-order valence-corrected chi connectivity index (χ0v) is 7.62. The summed E-state index contributed by atoms with van der Waals surface area (Å²) in [6.45, 7) is 0.119. The predicted molar refractivity (Wildman–Crippen MR) is 48.8 cm³/mol. The van der Waals surface area contributed by atoms with Gasteiger partial charge in [-0.1, -0.05) is 6.07 Å². The van der Waals surface area contributed by atoms with Crippen molar-refractivity contribution in [3.05, 3.63) is 29.6 Å². The van der Waals surface area contributed by atoms with Crippen molar-refractivity contribution < 1.29 is 13.2 Å². The minimum absolute atomic E-state index is 0.116. The van der Waals surface area contributed by atoms with Crippen LogP contribution in [0.1, 0.15) is 11.3 Å². The monoisotopic (exact) mass is 218 g/mol. The van der Waals surface area contributed by atoms with Crippen LogP contribution in [-0.4, -0.2) is 10.9 Å². The normalized spacial score (nSPS) is 11.1. The van der Waals surface area contributed by atoms with Crippen molar-refractivity contribution in [2.75, 3.05) is 0 Å². The summed E-state index contributed by atoms with van der Waals surface area (Å²) in [7, 11) is 0. The Labute approximate surface area is 83.8 Å². The van der Waals surface area contributed by atoms with Crippen molar-refractivity contribution in [1.29, 1.82) is 0 Å². The van der Waals surface area contributed by atoms with E-state index in [0.29, 0.717) is 5.56 Å². The first-order valence-electron chi connectivity index (χ1n) is 3.97. The fourth-order valence-corrected chi connectivity index (χ4v) is 0.868. The fourth-order valence-electron chi connectivity index (χ4n) is 0.868. The predicted octanol–water partition coefficient (Wildman–Crippen LogP) is 0.874. The largest absolute Gasteiger partial charge is 0.433 e. The highest BCUT2D eigenvalue weighted by Crippen LogP contribution is 2.27. The molecule has 82 valence electrons. The Hall–Kier alpha value is -1.79. The summed E-state index contributed by atoms with van der Waals surface area (Å²) in [6, 6.07) is 2.17. The summed E-state index contributed by atoms with van der Waals surface area (Å²) in [4.78, 5) is 6.89. The van der Waals surface area contributed by atoms with Gasteiger partial charge in [0.2, 0.25) is 0 Å². The summed E-state index contributed by atoms with van der Waals surface area (Å²) < 4.78 is 36.3. The molecule has 0 aliphatic heterocycles. The highest BCUT2D eigenvalue weighted by molar-refractivity contribution is 5.75. The average molecular weight is 218 g/mol. The van der Waals surface area contributed by atoms with Crippen molar-refractivity contribution in [3.8, 4) is 0 Å². The summed E-state index contributed by atoms with van der Waals surface area (Å²) >= 11 is 0. The molecule has 1 rings (SSSR count). The molecule has 0 atom stereocenters. The highest BCUT2D eigenvalue weighted by Gasteiger charge is 2.31. The van der Waals surface area contributed by atoms with Gasteiger partial charge in [0.1, 0.15) is 5.69 Å². The smallest absolute Gasteiger partial charge is 0.370 e. The Balaban J connectivity index is 2.77. The number of nitrogens with zero attached hydrogens (tertiary/aromatic N) is 2. The second-order valence-electron chi connectivity index (χ2n) is 2.79. The van der Waals surface area contributed by atoms with Gasteiger partial charge in [-0.15, -0.1) is 0 Å². The highest BCUT2D eigenvalue weighted by atomic mass is 19.4. The van der Waals surface area contributed by atoms with Crippen molar-refractivity contribution in [2.24, 2.45) is 16.5 Å². The number of hydrogen-bond acceptors (Lipinski definition) is 2. The zero-order chi connectivity index (χ0) is 11.5. The van der Waals surface area contributed by atoms with Crippen LogP contribution in [0.15, 0.2) is 23.3 Å². The van der Waals surface area contributed by atoms with Gasteiger partial charge < -0.3 is 11.5 Å². The maximum atomic E-state index is 12.1. The second-order valence-corrected chi connectivity index (χ2v) is 2.79. The summed E-state index contributed by atoms with van der Waals surface area (Å²) in [6.07, 6.45) is -3.33. The van der Waals surface area contributed by atoms with Crippen molar-refractivity contribution >= 4 is 5.96 Å². The van der Waals surface area contributed by atoms with Crippen LogP contribution in [0, 0.1) is 0 Å². The van der Waals surface area contributed by atoms with Gasteiger partial charge in [-0.25, -0.2) is 4.99 Å². The van der Waals surface area contributed by atoms with Gasteiger partial charge in [0.15, 0.2) is 5.96 Å². The van der Waals surface area contributed by atoms with Crippen LogP contribution in [0.5, 0.6) is 0 Å². The molecule has 1 heterocycles. The van der Waals surface area contributed by atoms with E-state index in [1.54, 1.807) is 0 Å². The average Bonchev–Trinajstić information content (AvgIpc) is 2.14. The standard InChI is InChI=1S/C8H9F3N4/c9-8(10,11)6-2-1-5(3-14-6)4-15-7(12)13/h1-3H,4H2,(H4,12,13,15). The minimum Gasteiger partial charge on any atom is -0.370 e. The summed E-state index contributed by atoms with van der Waals surface area (Å²) in [5.74, 6) is -0.116. The molecule has 0 saturated heterocycles. The molecule has 15 heavy (non-hydrogen) atoms. The third kappa shape index (κ3) is 3.45. The first kappa shape index (κ1) is 11.3. The third-order valence-electron chi connectivity index (χ3n) is 1.56. The molecular weight excluding hydrogens is 209 g/mol. The number of nitrogens with two attached hydrogens (primary N) is 2. The maximum Gasteiger partial charge on any atom is 0.433 e. The van der Waals surface area contributed by atoms with Gasteiger partial charge in [0, 0.05) is 6.20 Å². The van der Waals surface area contributed by atoms with Crippen LogP contribution in [0.3, 0.4) is 0 Å². The van der Waals surface area contributed by atoms with Gasteiger partial charge in [-0.3, -0.25) is 4.98 Å². The molecule has 0 fully saturated rings. The van der Waals surface area contributed by atoms with Crippen LogP contribution < -0.4 is 11.5 Å². The molecule has 0 saturated carbocycles. The molecule has 0 amide bonds. The van der Waals surface area contributed by atoms with E-state index in [2.05, 4.69) is 9.98 Å². The van der Waals surface area contributed by atoms with Gasteiger partial charge in [0.05, 0.1) is 6.54 Å². The van der Waals surface area contributed by atoms with Crippen LogP contribution in [-0.2, 0) is 12.7 Å². The molecular formula is C8H9F3N4. The summed E-state index contributed by atoms with van der Waals surface area (Å²) in [5.41, 5.74) is 9.71. The minimum atomic E-state index is -4.42. The van der Waals surface area contributed by atoms with Crippen molar-refractivity contribution in [1.82, 2.24) is 4.98 Å². The number of pyridine rings is 1. The van der Waals surface area contributed by atoms with Gasteiger partial charge in [-0.05, 0) is 11.6 Å². The van der Waals surface area contributed by atoms with Crippen molar-refractivity contribution in [3.63, 3.8) is 0 Å². The molecule has 0 aliphatic rings. The van der Waals surface area contributed by atoms with Crippen molar-refractivity contribution in [2.45, 2.75) is 12.7 Å². The van der Waals surface area contributed by atoms with Gasteiger partial charge in [-0.2, -0.15) is 13.2 Å². The van der Waals surface area contributed by atoms with Gasteiger partial charge >= 0.3 is 6.18 Å². The molecule has 0 radical (unpaired) electrons. The fraction of sp³-hybridized carbons (Fsp3) is 0.250. The SMILES string of the molecule is NC(N)=NCc1ccc(C(F)(F)F)nc1. The molecule has 4 N–H and O–H groups in total. The number of aromatic nitrogens is 1. The van der Waals surface area contributed by atoms with E-state index in [0.717, 1.165) is 12.3 Å². The topological polar surface area (TPSA) is 77.3 Å². The van der Waals surface area contributed by atoms with E-state index in [1.807, 2.05) is 0 Å². The lowest BCUT2D eigenvalue weighted by Crippen LogP contribution is -2.22. The van der Waals surface area contributed by atoms with Gasteiger partial charge in [0.25, 0.3) is 0 Å². The van der Waals surface area contributed by atoms with E-state index in [4.69, 9.17) is 11.5 Å². The number of guanidine groups is 1.